The van der Waals surface area contributed by atoms with Crippen LogP contribution in [0.25, 0.3) is 6.08 Å². The lowest BCUT2D eigenvalue weighted by Crippen LogP contribution is -2.22. The van der Waals surface area contributed by atoms with Crippen LogP contribution in [-0.4, -0.2) is 11.8 Å². The summed E-state index contributed by atoms with van der Waals surface area (Å²) in [5.41, 5.74) is 0.646. The molecule has 2 aliphatic rings. The summed E-state index contributed by atoms with van der Waals surface area (Å²) in [4.78, 5) is 24.8. The number of esters is 1. The maximum Gasteiger partial charge on any atom is 0.314 e. The molecule has 0 atom stereocenters. The first-order valence-corrected chi connectivity index (χ1v) is 9.16. The van der Waals surface area contributed by atoms with E-state index in [2.05, 4.69) is 0 Å². The van der Waals surface area contributed by atoms with Gasteiger partial charge < -0.3 is 9.47 Å². The molecule has 4 rings (SSSR count). The van der Waals surface area contributed by atoms with Crippen LogP contribution in [-0.2, 0) is 4.79 Å². The molecule has 0 bridgehead atoms. The Bertz CT molecular complexity index is 926. The maximum atomic E-state index is 13.8. The first kappa shape index (κ1) is 17.5. The Morgan fingerprint density at radius 3 is 2.67 bits per heavy atom. The summed E-state index contributed by atoms with van der Waals surface area (Å²) in [5, 5.41) is 0. The summed E-state index contributed by atoms with van der Waals surface area (Å²) in [7, 11) is 0. The lowest BCUT2D eigenvalue weighted by atomic mass is 9.89. The molecule has 0 unspecified atom stereocenters. The standard InChI is InChI=1S/C22H19FO4/c23-18-9-5-4-8-15(18)12-20-21(24)17-11-10-16(13-19(17)27-20)26-22(25)14-6-2-1-3-7-14/h4-5,8-14H,1-3,6-7H2/b20-12-. The fraction of sp³-hybridized carbons (Fsp3) is 0.273. The molecule has 2 aromatic rings. The minimum absolute atomic E-state index is 0.0471. The van der Waals surface area contributed by atoms with Crippen molar-refractivity contribution in [3.8, 4) is 11.5 Å². The van der Waals surface area contributed by atoms with Crippen LogP contribution < -0.4 is 9.47 Å². The van der Waals surface area contributed by atoms with Crippen molar-refractivity contribution in [2.75, 3.05) is 0 Å². The highest BCUT2D eigenvalue weighted by Gasteiger charge is 2.29. The van der Waals surface area contributed by atoms with Crippen molar-refractivity contribution in [1.82, 2.24) is 0 Å². The summed E-state index contributed by atoms with van der Waals surface area (Å²) in [5.74, 6) is -0.336. The molecule has 0 N–H and O–H groups in total. The van der Waals surface area contributed by atoms with E-state index in [-0.39, 0.29) is 29.0 Å². The number of carbonyl (C=O) groups is 2. The Morgan fingerprint density at radius 1 is 1.11 bits per heavy atom. The third kappa shape index (κ3) is 3.63. The second-order valence-corrected chi connectivity index (χ2v) is 6.88. The Kier molecular flexibility index (Phi) is 4.75. The van der Waals surface area contributed by atoms with Crippen LogP contribution in [0.2, 0.25) is 0 Å². The Balaban J connectivity index is 1.52. The first-order chi connectivity index (χ1) is 13.1. The van der Waals surface area contributed by atoms with Gasteiger partial charge in [0.15, 0.2) is 5.76 Å². The van der Waals surface area contributed by atoms with Crippen LogP contribution in [0.3, 0.4) is 0 Å². The van der Waals surface area contributed by atoms with E-state index in [1.54, 1.807) is 30.3 Å². The normalized spacial score (nSPS) is 18.3. The minimum atomic E-state index is -0.431. The van der Waals surface area contributed by atoms with Crippen LogP contribution in [0, 0.1) is 11.7 Å². The topological polar surface area (TPSA) is 52.6 Å². The maximum absolute atomic E-state index is 13.8. The molecule has 1 aliphatic carbocycles. The molecule has 0 amide bonds. The van der Waals surface area contributed by atoms with Crippen molar-refractivity contribution >= 4 is 17.8 Å². The molecular formula is C22H19FO4. The smallest absolute Gasteiger partial charge is 0.314 e. The number of hydrogen-bond acceptors (Lipinski definition) is 4. The Labute approximate surface area is 156 Å². The summed E-state index contributed by atoms with van der Waals surface area (Å²) >= 11 is 0. The molecule has 2 aromatic carbocycles. The average Bonchev–Trinajstić information content (AvgIpc) is 2.99. The van der Waals surface area contributed by atoms with Gasteiger partial charge in [-0.15, -0.1) is 0 Å². The summed E-state index contributed by atoms with van der Waals surface area (Å²) < 4.78 is 24.9. The van der Waals surface area contributed by atoms with E-state index in [4.69, 9.17) is 9.47 Å². The number of ether oxygens (including phenoxy) is 2. The third-order valence-electron chi connectivity index (χ3n) is 4.99. The number of rotatable bonds is 3. The molecule has 0 radical (unpaired) electrons. The summed E-state index contributed by atoms with van der Waals surface area (Å²) in [6.07, 6.45) is 6.35. The number of Topliss-reactive ketones (excluding diaryl/α,β-unsaturated/α-hetero) is 1. The van der Waals surface area contributed by atoms with E-state index in [0.29, 0.717) is 17.1 Å². The number of fused-ring (bicyclic) bond motifs is 1. The minimum Gasteiger partial charge on any atom is -0.452 e. The van der Waals surface area contributed by atoms with Gasteiger partial charge in [-0.05, 0) is 37.1 Å². The molecule has 27 heavy (non-hydrogen) atoms. The van der Waals surface area contributed by atoms with Crippen molar-refractivity contribution in [2.24, 2.45) is 5.92 Å². The summed E-state index contributed by atoms with van der Waals surface area (Å²) in [6, 6.07) is 10.9. The van der Waals surface area contributed by atoms with Gasteiger partial charge in [-0.1, -0.05) is 37.5 Å². The van der Waals surface area contributed by atoms with Crippen molar-refractivity contribution in [2.45, 2.75) is 32.1 Å². The van der Waals surface area contributed by atoms with Gasteiger partial charge in [0.2, 0.25) is 5.78 Å². The highest BCUT2D eigenvalue weighted by Crippen LogP contribution is 2.35. The van der Waals surface area contributed by atoms with Crippen LogP contribution >= 0.6 is 0 Å². The molecule has 0 spiro atoms. The quantitative estimate of drug-likeness (QED) is 0.439. The van der Waals surface area contributed by atoms with Gasteiger partial charge in [-0.25, -0.2) is 4.39 Å². The lowest BCUT2D eigenvalue weighted by molar-refractivity contribution is -0.139. The van der Waals surface area contributed by atoms with E-state index < -0.39 is 5.82 Å². The third-order valence-corrected chi connectivity index (χ3v) is 4.99. The van der Waals surface area contributed by atoms with E-state index in [1.807, 2.05) is 0 Å². The van der Waals surface area contributed by atoms with Crippen LogP contribution in [0.5, 0.6) is 11.5 Å². The molecule has 5 heteroatoms. The SMILES string of the molecule is O=C1/C(=C/c2ccccc2F)Oc2cc(OC(=O)C3CCCCC3)ccc21. The van der Waals surface area contributed by atoms with E-state index in [1.165, 1.54) is 18.2 Å². The Morgan fingerprint density at radius 2 is 1.89 bits per heavy atom. The van der Waals surface area contributed by atoms with Gasteiger partial charge in [0, 0.05) is 11.6 Å². The number of ketones is 1. The van der Waals surface area contributed by atoms with E-state index in [9.17, 15) is 14.0 Å². The van der Waals surface area contributed by atoms with E-state index >= 15 is 0 Å². The molecule has 138 valence electrons. The number of hydrogen-bond donors (Lipinski definition) is 0. The number of halogens is 1. The van der Waals surface area contributed by atoms with Crippen molar-refractivity contribution in [3.63, 3.8) is 0 Å². The Hall–Kier alpha value is -2.95. The van der Waals surface area contributed by atoms with E-state index in [0.717, 1.165) is 32.1 Å². The zero-order valence-electron chi connectivity index (χ0n) is 14.7. The monoisotopic (exact) mass is 366 g/mol. The van der Waals surface area contributed by atoms with Gasteiger partial charge in [-0.3, -0.25) is 9.59 Å². The molecule has 0 saturated heterocycles. The second-order valence-electron chi connectivity index (χ2n) is 6.88. The molecular weight excluding hydrogens is 347 g/mol. The average molecular weight is 366 g/mol. The highest BCUT2D eigenvalue weighted by molar-refractivity contribution is 6.14. The largest absolute Gasteiger partial charge is 0.452 e. The van der Waals surface area contributed by atoms with Crippen molar-refractivity contribution in [3.05, 3.63) is 65.2 Å². The molecule has 4 nitrogen and oxygen atoms in total. The van der Waals surface area contributed by atoms with Crippen molar-refractivity contribution in [1.29, 1.82) is 0 Å². The molecule has 0 aromatic heterocycles. The van der Waals surface area contributed by atoms with Gasteiger partial charge in [-0.2, -0.15) is 0 Å². The summed E-state index contributed by atoms with van der Waals surface area (Å²) in [6.45, 7) is 0. The fourth-order valence-corrected chi connectivity index (χ4v) is 3.50. The zero-order chi connectivity index (χ0) is 18.8. The van der Waals surface area contributed by atoms with Crippen molar-refractivity contribution < 1.29 is 23.5 Å². The molecule has 1 fully saturated rings. The predicted octanol–water partition coefficient (Wildman–Crippen LogP) is 4.93. The second kappa shape index (κ2) is 7.35. The van der Waals surface area contributed by atoms with Crippen LogP contribution in [0.1, 0.15) is 48.0 Å². The predicted molar refractivity (Wildman–Crippen MR) is 98.0 cm³/mol. The molecule has 1 saturated carbocycles. The van der Waals surface area contributed by atoms with Gasteiger partial charge >= 0.3 is 5.97 Å². The lowest BCUT2D eigenvalue weighted by Gasteiger charge is -2.19. The zero-order valence-corrected chi connectivity index (χ0v) is 14.7. The van der Waals surface area contributed by atoms with Crippen LogP contribution in [0.15, 0.2) is 48.2 Å². The van der Waals surface area contributed by atoms with Crippen LogP contribution in [0.4, 0.5) is 4.39 Å². The molecule has 1 heterocycles. The van der Waals surface area contributed by atoms with Gasteiger partial charge in [0.1, 0.15) is 17.3 Å². The number of benzene rings is 2. The first-order valence-electron chi connectivity index (χ1n) is 9.16. The fourth-order valence-electron chi connectivity index (χ4n) is 3.50. The molecule has 1 aliphatic heterocycles. The van der Waals surface area contributed by atoms with Gasteiger partial charge in [0.05, 0.1) is 11.5 Å². The number of carbonyl (C=O) groups excluding carboxylic acids is 2. The van der Waals surface area contributed by atoms with Gasteiger partial charge in [0.25, 0.3) is 0 Å². The highest BCUT2D eigenvalue weighted by atomic mass is 19.1. The number of allylic oxidation sites excluding steroid dienone is 1.